The first-order chi connectivity index (χ1) is 16.8. The molecule has 3 rings (SSSR count). The summed E-state index contributed by atoms with van der Waals surface area (Å²) in [4.78, 5) is 55.0. The number of aryl methyl sites for hydroxylation is 1. The van der Waals surface area contributed by atoms with Crippen molar-refractivity contribution in [1.29, 1.82) is 0 Å². The molecule has 186 valence electrons. The van der Waals surface area contributed by atoms with Gasteiger partial charge in [-0.3, -0.25) is 19.4 Å². The number of hydrogen-bond acceptors (Lipinski definition) is 6. The van der Waals surface area contributed by atoms with Gasteiger partial charge < -0.3 is 20.7 Å². The molecule has 0 bridgehead atoms. The molecule has 2 heterocycles. The highest BCUT2D eigenvalue weighted by molar-refractivity contribution is 6.38. The van der Waals surface area contributed by atoms with E-state index in [0.717, 1.165) is 23.1 Å². The number of nitrogens with one attached hydrogen (secondary N) is 3. The lowest BCUT2D eigenvalue weighted by Gasteiger charge is -2.24. The third-order valence-electron chi connectivity index (χ3n) is 5.72. The summed E-state index contributed by atoms with van der Waals surface area (Å²) in [5.74, 6) is -1.94. The fraction of sp³-hybridized carbons (Fsp3) is 0.423. The van der Waals surface area contributed by atoms with Gasteiger partial charge in [-0.25, -0.2) is 4.79 Å². The van der Waals surface area contributed by atoms with Crippen LogP contribution in [-0.4, -0.2) is 47.3 Å². The van der Waals surface area contributed by atoms with Crippen LogP contribution in [0.3, 0.4) is 0 Å². The third-order valence-corrected chi connectivity index (χ3v) is 5.72. The molecule has 1 aliphatic heterocycles. The molecule has 2 aromatic rings. The average Bonchev–Trinajstić information content (AvgIpc) is 2.84. The van der Waals surface area contributed by atoms with E-state index in [1.165, 1.54) is 0 Å². The van der Waals surface area contributed by atoms with Crippen molar-refractivity contribution in [1.82, 2.24) is 20.9 Å². The molecule has 0 spiro atoms. The van der Waals surface area contributed by atoms with Gasteiger partial charge in [-0.2, -0.15) is 0 Å². The molecule has 9 heteroatoms. The van der Waals surface area contributed by atoms with E-state index in [1.807, 2.05) is 50.2 Å². The van der Waals surface area contributed by atoms with Crippen molar-refractivity contribution in [2.75, 3.05) is 6.54 Å². The number of alkyl carbamates (subject to hydrolysis) is 1. The van der Waals surface area contributed by atoms with Crippen LogP contribution in [0.15, 0.2) is 48.8 Å². The highest BCUT2D eigenvalue weighted by atomic mass is 16.5. The third kappa shape index (κ3) is 7.91. The van der Waals surface area contributed by atoms with Gasteiger partial charge in [0, 0.05) is 25.4 Å². The van der Waals surface area contributed by atoms with Crippen LogP contribution >= 0.6 is 0 Å². The van der Waals surface area contributed by atoms with Crippen LogP contribution in [0.5, 0.6) is 0 Å². The number of nitrogens with zero attached hydrogens (tertiary/aromatic N) is 1. The normalized spacial score (nSPS) is 17.1. The summed E-state index contributed by atoms with van der Waals surface area (Å²) < 4.78 is 5.26. The van der Waals surface area contributed by atoms with E-state index < -0.39 is 35.8 Å². The molecule has 0 aliphatic carbocycles. The van der Waals surface area contributed by atoms with Gasteiger partial charge in [-0.1, -0.05) is 44.2 Å². The van der Waals surface area contributed by atoms with Crippen molar-refractivity contribution in [2.24, 2.45) is 5.92 Å². The number of hydrogen-bond donors (Lipinski definition) is 3. The van der Waals surface area contributed by atoms with Crippen molar-refractivity contribution >= 4 is 23.7 Å². The average molecular weight is 481 g/mol. The topological polar surface area (TPSA) is 126 Å². The first kappa shape index (κ1) is 25.9. The molecule has 1 aliphatic rings. The number of aromatic nitrogens is 1. The fourth-order valence-electron chi connectivity index (χ4n) is 3.92. The van der Waals surface area contributed by atoms with E-state index in [4.69, 9.17) is 4.74 Å². The van der Waals surface area contributed by atoms with Crippen molar-refractivity contribution in [3.8, 4) is 0 Å². The minimum atomic E-state index is -1.08. The van der Waals surface area contributed by atoms with Gasteiger partial charge in [-0.05, 0) is 47.9 Å². The lowest BCUT2D eigenvalue weighted by molar-refractivity contribution is -0.140. The molecule has 3 N–H and O–H groups in total. The van der Waals surface area contributed by atoms with E-state index in [-0.39, 0.29) is 18.9 Å². The SMILES string of the molecule is CC(C)CC(NC(=O)OCc1ccccc1)C(=O)NC1Cc2cnccc2CCCNC(=O)C1=O. The number of pyridine rings is 1. The molecule has 0 saturated heterocycles. The molecular weight excluding hydrogens is 448 g/mol. The van der Waals surface area contributed by atoms with E-state index in [0.29, 0.717) is 19.4 Å². The summed E-state index contributed by atoms with van der Waals surface area (Å²) in [6.07, 6.45) is 4.48. The van der Waals surface area contributed by atoms with Crippen molar-refractivity contribution in [3.63, 3.8) is 0 Å². The van der Waals surface area contributed by atoms with E-state index in [1.54, 1.807) is 12.4 Å². The second kappa shape index (κ2) is 12.6. The van der Waals surface area contributed by atoms with Crippen LogP contribution < -0.4 is 16.0 Å². The zero-order chi connectivity index (χ0) is 25.2. The molecule has 0 fully saturated rings. The smallest absolute Gasteiger partial charge is 0.408 e. The highest BCUT2D eigenvalue weighted by Crippen LogP contribution is 2.15. The summed E-state index contributed by atoms with van der Waals surface area (Å²) in [5.41, 5.74) is 2.64. The largest absolute Gasteiger partial charge is 0.445 e. The Kier molecular flexibility index (Phi) is 9.34. The fourth-order valence-corrected chi connectivity index (χ4v) is 3.92. The molecule has 0 radical (unpaired) electrons. The number of Topliss-reactive ketones (excluding diaryl/α,β-unsaturated/α-hetero) is 1. The summed E-state index contributed by atoms with van der Waals surface area (Å²) >= 11 is 0. The Bertz CT molecular complexity index is 1040. The Morgan fingerprint density at radius 2 is 1.91 bits per heavy atom. The number of amides is 3. The maximum atomic E-state index is 13.2. The lowest BCUT2D eigenvalue weighted by atomic mass is 9.95. The number of fused-ring (bicyclic) bond motifs is 1. The van der Waals surface area contributed by atoms with Gasteiger partial charge in [0.05, 0.1) is 0 Å². The van der Waals surface area contributed by atoms with Gasteiger partial charge >= 0.3 is 6.09 Å². The predicted octanol–water partition coefficient (Wildman–Crippen LogP) is 2.08. The van der Waals surface area contributed by atoms with E-state index in [9.17, 15) is 19.2 Å². The Hall–Kier alpha value is -3.75. The van der Waals surface area contributed by atoms with Crippen molar-refractivity contribution in [2.45, 2.75) is 58.2 Å². The molecule has 2 unspecified atom stereocenters. The van der Waals surface area contributed by atoms with Crippen LogP contribution in [0.1, 0.15) is 43.4 Å². The zero-order valence-corrected chi connectivity index (χ0v) is 20.1. The summed E-state index contributed by atoms with van der Waals surface area (Å²) in [6.45, 7) is 4.26. The first-order valence-corrected chi connectivity index (χ1v) is 11.8. The lowest BCUT2D eigenvalue weighted by Crippen LogP contribution is -2.55. The minimum absolute atomic E-state index is 0.0633. The number of carbonyl (C=O) groups excluding carboxylic acids is 4. The molecular formula is C26H32N4O5. The van der Waals surface area contributed by atoms with Gasteiger partial charge in [-0.15, -0.1) is 0 Å². The van der Waals surface area contributed by atoms with Gasteiger partial charge in [0.15, 0.2) is 0 Å². The Balaban J connectivity index is 1.72. The number of carbonyl (C=O) groups is 4. The Morgan fingerprint density at radius 3 is 2.66 bits per heavy atom. The molecule has 0 saturated carbocycles. The molecule has 9 nitrogen and oxygen atoms in total. The van der Waals surface area contributed by atoms with Crippen LogP contribution in [0.2, 0.25) is 0 Å². The van der Waals surface area contributed by atoms with Gasteiger partial charge in [0.2, 0.25) is 11.7 Å². The molecule has 3 amide bonds. The summed E-state index contributed by atoms with van der Waals surface area (Å²) in [6, 6.07) is 9.06. The standard InChI is InChI=1S/C26H32N4O5/c1-17(2)13-22(30-26(34)35-16-18-7-4-3-5-8-18)24(32)29-21-14-20-15-27-12-10-19(20)9-6-11-28-25(33)23(21)31/h3-5,7-8,10,12,15,17,21-22H,6,9,11,13-14,16H2,1-2H3,(H,28,33)(H,29,32)(H,30,34). The molecule has 1 aromatic heterocycles. The second-order valence-electron chi connectivity index (χ2n) is 9.02. The van der Waals surface area contributed by atoms with Crippen LogP contribution in [-0.2, 0) is 38.6 Å². The summed E-state index contributed by atoms with van der Waals surface area (Å²) in [7, 11) is 0. The van der Waals surface area contributed by atoms with Crippen molar-refractivity contribution < 1.29 is 23.9 Å². The predicted molar refractivity (Wildman–Crippen MR) is 129 cm³/mol. The number of ether oxygens (including phenoxy) is 1. The van der Waals surface area contributed by atoms with Crippen LogP contribution in [0, 0.1) is 5.92 Å². The maximum absolute atomic E-state index is 13.2. The molecule has 2 atom stereocenters. The highest BCUT2D eigenvalue weighted by Gasteiger charge is 2.31. The Morgan fingerprint density at radius 1 is 1.14 bits per heavy atom. The van der Waals surface area contributed by atoms with Gasteiger partial charge in [0.1, 0.15) is 18.7 Å². The summed E-state index contributed by atoms with van der Waals surface area (Å²) in [5, 5.41) is 7.92. The first-order valence-electron chi connectivity index (χ1n) is 11.8. The number of ketones is 1. The quantitative estimate of drug-likeness (QED) is 0.521. The van der Waals surface area contributed by atoms with E-state index >= 15 is 0 Å². The Labute approximate surface area is 205 Å². The number of benzene rings is 1. The van der Waals surface area contributed by atoms with Crippen LogP contribution in [0.4, 0.5) is 4.79 Å². The van der Waals surface area contributed by atoms with E-state index in [2.05, 4.69) is 20.9 Å². The van der Waals surface area contributed by atoms with Crippen molar-refractivity contribution in [3.05, 3.63) is 65.5 Å². The number of rotatable bonds is 7. The van der Waals surface area contributed by atoms with Gasteiger partial charge in [0.25, 0.3) is 5.91 Å². The zero-order valence-electron chi connectivity index (χ0n) is 20.1. The van der Waals surface area contributed by atoms with Crippen LogP contribution in [0.25, 0.3) is 0 Å². The monoisotopic (exact) mass is 480 g/mol. The molecule has 35 heavy (non-hydrogen) atoms. The maximum Gasteiger partial charge on any atom is 0.408 e. The second-order valence-corrected chi connectivity index (χ2v) is 9.02. The molecule has 1 aromatic carbocycles. The minimum Gasteiger partial charge on any atom is -0.445 e.